The van der Waals surface area contributed by atoms with Gasteiger partial charge >= 0.3 is 12.0 Å². The van der Waals surface area contributed by atoms with Gasteiger partial charge in [-0.25, -0.2) is 9.18 Å². The molecule has 0 spiro atoms. The van der Waals surface area contributed by atoms with Crippen molar-refractivity contribution in [3.63, 3.8) is 0 Å². The molecule has 7 heteroatoms. The third-order valence-corrected chi connectivity index (χ3v) is 4.35. The van der Waals surface area contributed by atoms with Crippen LogP contribution in [-0.4, -0.2) is 24.5 Å². The van der Waals surface area contributed by atoms with E-state index in [0.717, 1.165) is 12.0 Å². The Morgan fingerprint density at radius 3 is 2.32 bits per heavy atom. The normalized spacial score (nSPS) is 12.5. The van der Waals surface area contributed by atoms with Crippen LogP contribution in [0.2, 0.25) is 0 Å². The number of benzene rings is 2. The summed E-state index contributed by atoms with van der Waals surface area (Å²) in [5.74, 6) is -2.47. The van der Waals surface area contributed by atoms with E-state index in [-0.39, 0.29) is 11.6 Å². The molecule has 2 N–H and O–H groups in total. The van der Waals surface area contributed by atoms with Crippen molar-refractivity contribution in [2.75, 3.05) is 11.9 Å². The number of carbonyl (C=O) groups is 3. The zero-order valence-corrected chi connectivity index (χ0v) is 15.8. The Hall–Kier alpha value is -3.22. The van der Waals surface area contributed by atoms with Crippen molar-refractivity contribution in [1.29, 1.82) is 0 Å². The number of anilines is 1. The lowest BCUT2D eigenvalue weighted by Crippen LogP contribution is -2.38. The maximum atomic E-state index is 13.5. The van der Waals surface area contributed by atoms with Gasteiger partial charge in [0.1, 0.15) is 5.82 Å². The Morgan fingerprint density at radius 2 is 1.68 bits per heavy atom. The second-order valence-corrected chi connectivity index (χ2v) is 6.36. The fourth-order valence-corrected chi connectivity index (χ4v) is 2.70. The van der Waals surface area contributed by atoms with Crippen molar-refractivity contribution < 1.29 is 23.5 Å². The number of hydrogen-bond donors (Lipinski definition) is 2. The highest BCUT2D eigenvalue weighted by molar-refractivity contribution is 6.02. The second-order valence-electron chi connectivity index (χ2n) is 6.36. The van der Waals surface area contributed by atoms with Gasteiger partial charge in [-0.3, -0.25) is 14.9 Å². The molecule has 0 radical (unpaired) electrons. The molecule has 148 valence electrons. The monoisotopic (exact) mass is 386 g/mol. The van der Waals surface area contributed by atoms with Crippen LogP contribution in [0, 0.1) is 11.7 Å². The number of imide groups is 1. The first-order chi connectivity index (χ1) is 13.4. The Bertz CT molecular complexity index is 826. The Morgan fingerprint density at radius 1 is 1.04 bits per heavy atom. The van der Waals surface area contributed by atoms with Gasteiger partial charge < -0.3 is 10.1 Å². The lowest BCUT2D eigenvalue weighted by atomic mass is 9.86. The number of urea groups is 1. The van der Waals surface area contributed by atoms with Gasteiger partial charge in [0, 0.05) is 0 Å². The van der Waals surface area contributed by atoms with Crippen LogP contribution in [0.5, 0.6) is 0 Å². The molecule has 0 fully saturated rings. The molecule has 0 heterocycles. The first kappa shape index (κ1) is 21.1. The van der Waals surface area contributed by atoms with Crippen molar-refractivity contribution in [3.8, 4) is 0 Å². The SMILES string of the molecule is CC[C@H](C)[C@@H](C(=O)OCC(=O)NC(=O)Nc1ccccc1F)c1ccccc1. The average Bonchev–Trinajstić information content (AvgIpc) is 2.69. The summed E-state index contributed by atoms with van der Waals surface area (Å²) >= 11 is 0. The topological polar surface area (TPSA) is 84.5 Å². The summed E-state index contributed by atoms with van der Waals surface area (Å²) in [4.78, 5) is 36.2. The van der Waals surface area contributed by atoms with Gasteiger partial charge in [-0.2, -0.15) is 0 Å². The number of hydrogen-bond acceptors (Lipinski definition) is 4. The van der Waals surface area contributed by atoms with Crippen LogP contribution in [-0.2, 0) is 14.3 Å². The zero-order chi connectivity index (χ0) is 20.5. The van der Waals surface area contributed by atoms with Crippen LogP contribution in [0.1, 0.15) is 31.7 Å². The summed E-state index contributed by atoms with van der Waals surface area (Å²) in [7, 11) is 0. The molecular formula is C21H23FN2O4. The minimum absolute atomic E-state index is 0.0160. The number of nitrogens with one attached hydrogen (secondary N) is 2. The molecule has 2 aromatic carbocycles. The minimum Gasteiger partial charge on any atom is -0.455 e. The van der Waals surface area contributed by atoms with Crippen molar-refractivity contribution >= 4 is 23.6 Å². The first-order valence-corrected chi connectivity index (χ1v) is 8.99. The predicted molar refractivity (Wildman–Crippen MR) is 103 cm³/mol. The van der Waals surface area contributed by atoms with Gasteiger partial charge in [-0.05, 0) is 23.6 Å². The third kappa shape index (κ3) is 5.90. The van der Waals surface area contributed by atoms with Gasteiger partial charge in [0.05, 0.1) is 11.6 Å². The van der Waals surface area contributed by atoms with E-state index in [1.165, 1.54) is 18.2 Å². The second kappa shape index (κ2) is 10.2. The standard InChI is InChI=1S/C21H23FN2O4/c1-3-14(2)19(15-9-5-4-6-10-15)20(26)28-13-18(25)24-21(27)23-17-12-8-7-11-16(17)22/h4-12,14,19H,3,13H2,1-2H3,(H2,23,24,25,27)/t14-,19+/m0/s1. The van der Waals surface area contributed by atoms with Gasteiger partial charge in [-0.1, -0.05) is 62.7 Å². The van der Waals surface area contributed by atoms with Crippen molar-refractivity contribution in [1.82, 2.24) is 5.32 Å². The van der Waals surface area contributed by atoms with E-state index in [2.05, 4.69) is 5.32 Å². The molecule has 2 aromatic rings. The number of carbonyl (C=O) groups excluding carboxylic acids is 3. The van der Waals surface area contributed by atoms with Crippen LogP contribution in [0.25, 0.3) is 0 Å². The van der Waals surface area contributed by atoms with Crippen LogP contribution in [0.3, 0.4) is 0 Å². The van der Waals surface area contributed by atoms with Gasteiger partial charge in [0.15, 0.2) is 6.61 Å². The van der Waals surface area contributed by atoms with E-state index in [4.69, 9.17) is 4.74 Å². The average molecular weight is 386 g/mol. The highest BCUT2D eigenvalue weighted by Gasteiger charge is 2.28. The molecule has 0 saturated carbocycles. The number of rotatable bonds is 7. The molecular weight excluding hydrogens is 363 g/mol. The summed E-state index contributed by atoms with van der Waals surface area (Å²) in [5.41, 5.74) is 0.741. The fourth-order valence-electron chi connectivity index (χ4n) is 2.70. The molecule has 2 atom stereocenters. The van der Waals surface area contributed by atoms with Crippen LogP contribution >= 0.6 is 0 Å². The maximum Gasteiger partial charge on any atom is 0.326 e. The molecule has 28 heavy (non-hydrogen) atoms. The zero-order valence-electron chi connectivity index (χ0n) is 15.8. The van der Waals surface area contributed by atoms with Crippen LogP contribution in [0.4, 0.5) is 14.9 Å². The fraction of sp³-hybridized carbons (Fsp3) is 0.286. The molecule has 0 aliphatic heterocycles. The lowest BCUT2D eigenvalue weighted by Gasteiger charge is -2.21. The smallest absolute Gasteiger partial charge is 0.326 e. The predicted octanol–water partition coefficient (Wildman–Crippen LogP) is 3.85. The lowest BCUT2D eigenvalue weighted by molar-refractivity contribution is -0.151. The highest BCUT2D eigenvalue weighted by atomic mass is 19.1. The van der Waals surface area contributed by atoms with Crippen LogP contribution in [0.15, 0.2) is 54.6 Å². The molecule has 3 amide bonds. The third-order valence-electron chi connectivity index (χ3n) is 4.35. The largest absolute Gasteiger partial charge is 0.455 e. The molecule has 0 aliphatic rings. The van der Waals surface area contributed by atoms with Crippen molar-refractivity contribution in [3.05, 3.63) is 66.0 Å². The highest BCUT2D eigenvalue weighted by Crippen LogP contribution is 2.28. The number of esters is 1. The number of amides is 3. The van der Waals surface area contributed by atoms with E-state index in [1.807, 2.05) is 49.5 Å². The summed E-state index contributed by atoms with van der Waals surface area (Å²) < 4.78 is 18.6. The van der Waals surface area contributed by atoms with E-state index in [1.54, 1.807) is 6.07 Å². The van der Waals surface area contributed by atoms with Crippen molar-refractivity contribution in [2.24, 2.45) is 5.92 Å². The summed E-state index contributed by atoms with van der Waals surface area (Å²) in [6.45, 7) is 3.29. The molecule has 6 nitrogen and oxygen atoms in total. The first-order valence-electron chi connectivity index (χ1n) is 8.99. The molecule has 0 unspecified atom stereocenters. The Kier molecular flexibility index (Phi) is 7.68. The molecule has 0 aromatic heterocycles. The van der Waals surface area contributed by atoms with Crippen molar-refractivity contribution in [2.45, 2.75) is 26.2 Å². The number of halogens is 1. The summed E-state index contributed by atoms with van der Waals surface area (Å²) in [6.07, 6.45) is 0.756. The molecule has 0 bridgehead atoms. The van der Waals surface area contributed by atoms with E-state index >= 15 is 0 Å². The maximum absolute atomic E-state index is 13.5. The van der Waals surface area contributed by atoms with Gasteiger partial charge in [0.2, 0.25) is 0 Å². The van der Waals surface area contributed by atoms with Crippen LogP contribution < -0.4 is 10.6 Å². The van der Waals surface area contributed by atoms with Gasteiger partial charge in [0.25, 0.3) is 5.91 Å². The molecule has 2 rings (SSSR count). The minimum atomic E-state index is -0.910. The quantitative estimate of drug-likeness (QED) is 0.708. The number of ether oxygens (including phenoxy) is 1. The Labute approximate surface area is 163 Å². The van der Waals surface area contributed by atoms with E-state index < -0.39 is 36.2 Å². The van der Waals surface area contributed by atoms with E-state index in [0.29, 0.717) is 0 Å². The molecule has 0 saturated heterocycles. The Balaban J connectivity index is 1.90. The van der Waals surface area contributed by atoms with Gasteiger partial charge in [-0.15, -0.1) is 0 Å². The molecule has 0 aliphatic carbocycles. The summed E-state index contributed by atoms with van der Waals surface area (Å²) in [6, 6.07) is 13.8. The summed E-state index contributed by atoms with van der Waals surface area (Å²) in [5, 5.41) is 4.22. The van der Waals surface area contributed by atoms with E-state index in [9.17, 15) is 18.8 Å². The number of para-hydroxylation sites is 1.